The Balaban J connectivity index is 1.95. The lowest BCUT2D eigenvalue weighted by molar-refractivity contribution is -0.121. The van der Waals surface area contributed by atoms with Gasteiger partial charge in [0.15, 0.2) is 5.78 Å². The Bertz CT molecular complexity index is 754. The van der Waals surface area contributed by atoms with Gasteiger partial charge in [0.25, 0.3) is 0 Å². The minimum Gasteiger partial charge on any atom is -0.348 e. The van der Waals surface area contributed by atoms with Crippen molar-refractivity contribution < 1.29 is 9.59 Å². The highest BCUT2D eigenvalue weighted by molar-refractivity contribution is 5.98. The molecule has 1 N–H and O–H groups in total. The predicted octanol–water partition coefficient (Wildman–Crippen LogP) is 3.69. The quantitative estimate of drug-likeness (QED) is 0.737. The first kappa shape index (κ1) is 19.9. The van der Waals surface area contributed by atoms with E-state index in [-0.39, 0.29) is 30.6 Å². The van der Waals surface area contributed by atoms with Crippen molar-refractivity contribution in [2.24, 2.45) is 0 Å². The van der Waals surface area contributed by atoms with Crippen LogP contribution in [0.15, 0.2) is 48.5 Å². The fraction of sp³-hybridized carbons (Fsp3) is 0.364. The highest BCUT2D eigenvalue weighted by Gasteiger charge is 2.16. The Labute approximate surface area is 156 Å². The van der Waals surface area contributed by atoms with Crippen LogP contribution in [0.1, 0.15) is 45.9 Å². The summed E-state index contributed by atoms with van der Waals surface area (Å²) < 4.78 is 0. The van der Waals surface area contributed by atoms with Gasteiger partial charge in [0.1, 0.15) is 0 Å². The Kier molecular flexibility index (Phi) is 7.10. The van der Waals surface area contributed by atoms with Gasteiger partial charge < -0.3 is 10.2 Å². The summed E-state index contributed by atoms with van der Waals surface area (Å²) in [5.74, 6) is -0.0926. The number of nitrogens with zero attached hydrogens (tertiary/aromatic N) is 1. The Morgan fingerprint density at radius 2 is 1.65 bits per heavy atom. The molecule has 4 heteroatoms. The van der Waals surface area contributed by atoms with Crippen LogP contribution >= 0.6 is 0 Å². The summed E-state index contributed by atoms with van der Waals surface area (Å²) in [6, 6.07) is 15.5. The number of ketones is 1. The fourth-order valence-corrected chi connectivity index (χ4v) is 2.84. The van der Waals surface area contributed by atoms with Crippen LogP contribution in [0.2, 0.25) is 0 Å². The first-order valence-electron chi connectivity index (χ1n) is 8.96. The number of carbonyl (C=O) groups is 2. The summed E-state index contributed by atoms with van der Waals surface area (Å²) in [6.07, 6.45) is 0.417. The van der Waals surface area contributed by atoms with E-state index in [0.717, 1.165) is 16.7 Å². The number of hydrogen-bond acceptors (Lipinski definition) is 3. The molecule has 138 valence electrons. The van der Waals surface area contributed by atoms with Gasteiger partial charge in [-0.1, -0.05) is 42.5 Å². The van der Waals surface area contributed by atoms with Gasteiger partial charge in [-0.25, -0.2) is 0 Å². The number of benzene rings is 2. The molecule has 0 aromatic heterocycles. The number of nitrogens with one attached hydrogen (secondary N) is 1. The lowest BCUT2D eigenvalue weighted by Gasteiger charge is -2.23. The maximum atomic E-state index is 12.4. The largest absolute Gasteiger partial charge is 0.348 e. The van der Waals surface area contributed by atoms with E-state index < -0.39 is 0 Å². The molecule has 0 saturated carbocycles. The predicted molar refractivity (Wildman–Crippen MR) is 105 cm³/mol. The maximum Gasteiger partial charge on any atom is 0.220 e. The molecular formula is C22H28N2O2. The van der Waals surface area contributed by atoms with Gasteiger partial charge in [-0.15, -0.1) is 0 Å². The molecule has 1 amide bonds. The van der Waals surface area contributed by atoms with E-state index in [1.54, 1.807) is 0 Å². The molecule has 2 aromatic rings. The van der Waals surface area contributed by atoms with Gasteiger partial charge in [-0.3, -0.25) is 9.59 Å². The SMILES string of the molecule is Cc1ccc(C(=O)CCC(=O)N[C@@H](CN(C)C)c2ccccc2)cc1C. The molecule has 0 saturated heterocycles. The summed E-state index contributed by atoms with van der Waals surface area (Å²) in [5, 5.41) is 3.06. The normalized spacial score (nSPS) is 12.0. The number of likely N-dealkylation sites (N-methyl/N-ethyl adjacent to an activating group) is 1. The molecule has 2 aromatic carbocycles. The number of amides is 1. The van der Waals surface area contributed by atoms with Crippen LogP contribution in [0.4, 0.5) is 0 Å². The van der Waals surface area contributed by atoms with E-state index in [1.165, 1.54) is 0 Å². The second-order valence-corrected chi connectivity index (χ2v) is 7.02. The smallest absolute Gasteiger partial charge is 0.220 e. The molecule has 0 aliphatic carbocycles. The fourth-order valence-electron chi connectivity index (χ4n) is 2.84. The maximum absolute atomic E-state index is 12.4. The zero-order valence-electron chi connectivity index (χ0n) is 16.1. The summed E-state index contributed by atoms with van der Waals surface area (Å²) in [6.45, 7) is 4.72. The zero-order chi connectivity index (χ0) is 19.1. The van der Waals surface area contributed by atoms with Gasteiger partial charge in [-0.2, -0.15) is 0 Å². The molecule has 1 atom stereocenters. The highest BCUT2D eigenvalue weighted by Crippen LogP contribution is 2.15. The van der Waals surface area contributed by atoms with E-state index in [9.17, 15) is 9.59 Å². The monoisotopic (exact) mass is 352 g/mol. The average Bonchev–Trinajstić information content (AvgIpc) is 2.62. The molecule has 0 aliphatic rings. The van der Waals surface area contributed by atoms with Crippen molar-refractivity contribution in [1.29, 1.82) is 0 Å². The minimum atomic E-state index is -0.0992. The van der Waals surface area contributed by atoms with Crippen LogP contribution in [0.25, 0.3) is 0 Å². The summed E-state index contributed by atoms with van der Waals surface area (Å²) >= 11 is 0. The average molecular weight is 352 g/mol. The molecule has 0 bridgehead atoms. The first-order chi connectivity index (χ1) is 12.4. The number of aryl methyl sites for hydroxylation is 2. The van der Waals surface area contributed by atoms with E-state index in [2.05, 4.69) is 5.32 Å². The third-order valence-electron chi connectivity index (χ3n) is 4.49. The van der Waals surface area contributed by atoms with E-state index in [4.69, 9.17) is 0 Å². The van der Waals surface area contributed by atoms with Crippen LogP contribution in [0, 0.1) is 13.8 Å². The van der Waals surface area contributed by atoms with Gasteiger partial charge in [0, 0.05) is 24.9 Å². The Morgan fingerprint density at radius 1 is 0.962 bits per heavy atom. The lowest BCUT2D eigenvalue weighted by Crippen LogP contribution is -2.35. The van der Waals surface area contributed by atoms with Crippen molar-refractivity contribution in [2.75, 3.05) is 20.6 Å². The molecule has 4 nitrogen and oxygen atoms in total. The molecule has 2 rings (SSSR count). The van der Waals surface area contributed by atoms with Crippen LogP contribution < -0.4 is 5.32 Å². The van der Waals surface area contributed by atoms with Crippen LogP contribution in [0.3, 0.4) is 0 Å². The number of hydrogen-bond donors (Lipinski definition) is 1. The van der Waals surface area contributed by atoms with Gasteiger partial charge in [-0.05, 0) is 50.7 Å². The van der Waals surface area contributed by atoms with Gasteiger partial charge in [0.05, 0.1) is 6.04 Å². The topological polar surface area (TPSA) is 49.4 Å². The molecule has 0 fully saturated rings. The van der Waals surface area contributed by atoms with Crippen molar-refractivity contribution in [3.8, 4) is 0 Å². The van der Waals surface area contributed by atoms with E-state index in [1.807, 2.05) is 81.4 Å². The second kappa shape index (κ2) is 9.30. The van der Waals surface area contributed by atoms with E-state index >= 15 is 0 Å². The molecule has 0 heterocycles. The van der Waals surface area contributed by atoms with Crippen molar-refractivity contribution in [3.05, 3.63) is 70.8 Å². The summed E-state index contributed by atoms with van der Waals surface area (Å²) in [4.78, 5) is 26.8. The molecule has 0 unspecified atom stereocenters. The van der Waals surface area contributed by atoms with Crippen molar-refractivity contribution in [2.45, 2.75) is 32.7 Å². The number of carbonyl (C=O) groups excluding carboxylic acids is 2. The first-order valence-corrected chi connectivity index (χ1v) is 8.96. The Hall–Kier alpha value is -2.46. The second-order valence-electron chi connectivity index (χ2n) is 7.02. The van der Waals surface area contributed by atoms with Crippen molar-refractivity contribution in [1.82, 2.24) is 10.2 Å². The van der Waals surface area contributed by atoms with Crippen molar-refractivity contribution in [3.63, 3.8) is 0 Å². The third-order valence-corrected chi connectivity index (χ3v) is 4.49. The van der Waals surface area contributed by atoms with Gasteiger partial charge in [0.2, 0.25) is 5.91 Å². The molecule has 0 radical (unpaired) electrons. The van der Waals surface area contributed by atoms with E-state index in [0.29, 0.717) is 12.1 Å². The van der Waals surface area contributed by atoms with Crippen LogP contribution in [-0.4, -0.2) is 37.2 Å². The summed E-state index contributed by atoms with van der Waals surface area (Å²) in [5.41, 5.74) is 3.99. The lowest BCUT2D eigenvalue weighted by atomic mass is 10.0. The molecule has 0 aliphatic heterocycles. The van der Waals surface area contributed by atoms with Crippen molar-refractivity contribution >= 4 is 11.7 Å². The van der Waals surface area contributed by atoms with Crippen LogP contribution in [0.5, 0.6) is 0 Å². The number of Topliss-reactive ketones (excluding diaryl/α,β-unsaturated/α-hetero) is 1. The van der Waals surface area contributed by atoms with Crippen LogP contribution in [-0.2, 0) is 4.79 Å². The Morgan fingerprint density at radius 3 is 2.27 bits per heavy atom. The van der Waals surface area contributed by atoms with Gasteiger partial charge >= 0.3 is 0 Å². The molecule has 26 heavy (non-hydrogen) atoms. The number of rotatable bonds is 8. The zero-order valence-corrected chi connectivity index (χ0v) is 16.1. The molecular weight excluding hydrogens is 324 g/mol. The third kappa shape index (κ3) is 5.81. The summed E-state index contributed by atoms with van der Waals surface area (Å²) in [7, 11) is 3.96. The minimum absolute atomic E-state index is 0.00659. The standard InChI is InChI=1S/C22H28N2O2/c1-16-10-11-19(14-17(16)2)21(25)12-13-22(26)23-20(15-24(3)4)18-8-6-5-7-9-18/h5-11,14,20H,12-13,15H2,1-4H3,(H,23,26)/t20-/m0/s1. The highest BCUT2D eigenvalue weighted by atomic mass is 16.2. The molecule has 0 spiro atoms.